The van der Waals surface area contributed by atoms with Gasteiger partial charge in [-0.2, -0.15) is 0 Å². The molecule has 0 radical (unpaired) electrons. The molecule has 0 aromatic heterocycles. The van der Waals surface area contributed by atoms with Gasteiger partial charge in [-0.3, -0.25) is 4.79 Å². The fraction of sp³-hybridized carbons (Fsp3) is 0.455. The van der Waals surface area contributed by atoms with Gasteiger partial charge < -0.3 is 19.9 Å². The predicted molar refractivity (Wildman–Crippen MR) is 106 cm³/mol. The Hall–Kier alpha value is -2.60. The molecule has 6 nitrogen and oxygen atoms in total. The number of rotatable bonds is 7. The van der Waals surface area contributed by atoms with Gasteiger partial charge >= 0.3 is 5.97 Å². The van der Waals surface area contributed by atoms with E-state index in [4.69, 9.17) is 9.47 Å². The van der Waals surface area contributed by atoms with Crippen molar-refractivity contribution in [3.63, 3.8) is 0 Å². The van der Waals surface area contributed by atoms with Crippen molar-refractivity contribution in [1.29, 1.82) is 0 Å². The SMILES string of the molecule is CCOC1CC(NC(=O)C(C)Oc2cccc3ccccc23)(C(=O)O)C1(C)C. The first-order valence-corrected chi connectivity index (χ1v) is 9.54. The van der Waals surface area contributed by atoms with Crippen LogP contribution < -0.4 is 10.1 Å². The van der Waals surface area contributed by atoms with E-state index in [0.29, 0.717) is 12.4 Å². The lowest BCUT2D eigenvalue weighted by Crippen LogP contribution is -2.76. The molecule has 1 fully saturated rings. The van der Waals surface area contributed by atoms with Crippen LogP contribution in [0.1, 0.15) is 34.1 Å². The Morgan fingerprint density at radius 3 is 2.54 bits per heavy atom. The summed E-state index contributed by atoms with van der Waals surface area (Å²) in [5.74, 6) is -0.928. The summed E-state index contributed by atoms with van der Waals surface area (Å²) in [4.78, 5) is 24.9. The number of carboxylic acid groups (broad SMARTS) is 1. The number of ether oxygens (including phenoxy) is 2. The second-order valence-electron chi connectivity index (χ2n) is 7.81. The van der Waals surface area contributed by atoms with Crippen LogP contribution in [0.3, 0.4) is 0 Å². The highest BCUT2D eigenvalue weighted by molar-refractivity contribution is 5.92. The highest BCUT2D eigenvalue weighted by atomic mass is 16.5. The van der Waals surface area contributed by atoms with E-state index in [2.05, 4.69) is 5.32 Å². The summed E-state index contributed by atoms with van der Waals surface area (Å²) < 4.78 is 11.5. The molecule has 1 aliphatic carbocycles. The summed E-state index contributed by atoms with van der Waals surface area (Å²) in [5, 5.41) is 14.5. The molecule has 2 aromatic rings. The van der Waals surface area contributed by atoms with Crippen molar-refractivity contribution in [2.24, 2.45) is 5.41 Å². The number of carbonyl (C=O) groups is 2. The van der Waals surface area contributed by atoms with Crippen molar-refractivity contribution in [2.45, 2.75) is 51.9 Å². The Balaban J connectivity index is 1.77. The Morgan fingerprint density at radius 2 is 1.89 bits per heavy atom. The van der Waals surface area contributed by atoms with Gasteiger partial charge in [0, 0.05) is 23.8 Å². The first-order valence-electron chi connectivity index (χ1n) is 9.54. The summed E-state index contributed by atoms with van der Waals surface area (Å²) in [6, 6.07) is 13.4. The van der Waals surface area contributed by atoms with Gasteiger partial charge in [0.15, 0.2) is 6.10 Å². The van der Waals surface area contributed by atoms with Gasteiger partial charge in [0.2, 0.25) is 0 Å². The standard InChI is InChI=1S/C22H27NO5/c1-5-27-18-13-22(20(25)26,21(18,3)4)23-19(24)14(2)28-17-12-8-10-15-9-6-7-11-16(15)17/h6-12,14,18H,5,13H2,1-4H3,(H,23,24)(H,25,26). The lowest BCUT2D eigenvalue weighted by Gasteiger charge is -2.58. The molecule has 0 bridgehead atoms. The molecule has 150 valence electrons. The average Bonchev–Trinajstić information content (AvgIpc) is 2.66. The zero-order valence-corrected chi connectivity index (χ0v) is 16.7. The molecule has 1 amide bonds. The topological polar surface area (TPSA) is 84.9 Å². The third-order valence-electron chi connectivity index (χ3n) is 5.89. The Bertz CT molecular complexity index is 888. The van der Waals surface area contributed by atoms with Gasteiger partial charge in [-0.15, -0.1) is 0 Å². The lowest BCUT2D eigenvalue weighted by molar-refractivity contribution is -0.195. The quantitative estimate of drug-likeness (QED) is 0.763. The maximum Gasteiger partial charge on any atom is 0.330 e. The highest BCUT2D eigenvalue weighted by Crippen LogP contribution is 2.51. The average molecular weight is 385 g/mol. The summed E-state index contributed by atoms with van der Waals surface area (Å²) in [7, 11) is 0. The van der Waals surface area contributed by atoms with Crippen LogP contribution in [-0.4, -0.2) is 41.3 Å². The van der Waals surface area contributed by atoms with Crippen molar-refractivity contribution in [1.82, 2.24) is 5.32 Å². The lowest BCUT2D eigenvalue weighted by atomic mass is 9.54. The van der Waals surface area contributed by atoms with Crippen LogP contribution in [0.15, 0.2) is 42.5 Å². The number of carboxylic acids is 1. The number of carbonyl (C=O) groups excluding carboxylic acids is 1. The maximum atomic E-state index is 12.8. The van der Waals surface area contributed by atoms with E-state index in [1.165, 1.54) is 0 Å². The number of hydrogen-bond donors (Lipinski definition) is 2. The molecule has 0 spiro atoms. The molecule has 2 aromatic carbocycles. The number of benzene rings is 2. The Labute approximate surface area is 164 Å². The van der Waals surface area contributed by atoms with E-state index in [1.54, 1.807) is 26.8 Å². The molecule has 6 heteroatoms. The Morgan fingerprint density at radius 1 is 1.21 bits per heavy atom. The Kier molecular flexibility index (Phi) is 5.35. The molecule has 1 saturated carbocycles. The zero-order valence-electron chi connectivity index (χ0n) is 16.7. The summed E-state index contributed by atoms with van der Waals surface area (Å²) >= 11 is 0. The predicted octanol–water partition coefficient (Wildman–Crippen LogP) is 3.38. The van der Waals surface area contributed by atoms with Crippen molar-refractivity contribution >= 4 is 22.6 Å². The third-order valence-corrected chi connectivity index (χ3v) is 5.89. The maximum absolute atomic E-state index is 12.8. The highest BCUT2D eigenvalue weighted by Gasteiger charge is 2.66. The van der Waals surface area contributed by atoms with E-state index in [-0.39, 0.29) is 12.5 Å². The first kappa shape index (κ1) is 20.1. The largest absolute Gasteiger partial charge is 0.480 e. The normalized spacial score (nSPS) is 24.2. The minimum atomic E-state index is -1.37. The van der Waals surface area contributed by atoms with E-state index in [1.807, 2.05) is 43.3 Å². The molecule has 0 heterocycles. The summed E-state index contributed by atoms with van der Waals surface area (Å²) in [5.41, 5.74) is -2.11. The monoisotopic (exact) mass is 385 g/mol. The molecule has 28 heavy (non-hydrogen) atoms. The molecule has 3 rings (SSSR count). The zero-order chi connectivity index (χ0) is 20.5. The number of hydrogen-bond acceptors (Lipinski definition) is 4. The first-order chi connectivity index (χ1) is 13.2. The van der Waals surface area contributed by atoms with Gasteiger partial charge in [0.1, 0.15) is 11.3 Å². The van der Waals surface area contributed by atoms with Crippen molar-refractivity contribution in [2.75, 3.05) is 6.61 Å². The number of fused-ring (bicyclic) bond motifs is 1. The smallest absolute Gasteiger partial charge is 0.330 e. The van der Waals surface area contributed by atoms with Crippen molar-refractivity contribution < 1.29 is 24.2 Å². The minimum absolute atomic E-state index is 0.219. The second-order valence-corrected chi connectivity index (χ2v) is 7.81. The third kappa shape index (κ3) is 3.22. The molecule has 0 aliphatic heterocycles. The number of amides is 1. The van der Waals surface area contributed by atoms with Crippen LogP contribution in [0.25, 0.3) is 10.8 Å². The molecule has 1 aliphatic rings. The molecule has 2 N–H and O–H groups in total. The molecular weight excluding hydrogens is 358 g/mol. The number of aliphatic carboxylic acids is 1. The summed E-state index contributed by atoms with van der Waals surface area (Å²) in [6.45, 7) is 7.61. The van der Waals surface area contributed by atoms with Gasteiger partial charge in [-0.1, -0.05) is 50.2 Å². The van der Waals surface area contributed by atoms with Crippen LogP contribution in [-0.2, 0) is 14.3 Å². The van der Waals surface area contributed by atoms with Crippen molar-refractivity contribution in [3.05, 3.63) is 42.5 Å². The van der Waals surface area contributed by atoms with Crippen LogP contribution in [0.5, 0.6) is 5.75 Å². The van der Waals surface area contributed by atoms with E-state index < -0.39 is 28.9 Å². The van der Waals surface area contributed by atoms with Crippen molar-refractivity contribution in [3.8, 4) is 5.75 Å². The molecule has 0 saturated heterocycles. The van der Waals surface area contributed by atoms with Gasteiger partial charge in [-0.05, 0) is 25.3 Å². The van der Waals surface area contributed by atoms with E-state index in [0.717, 1.165) is 10.8 Å². The van der Waals surface area contributed by atoms with Crippen LogP contribution in [0.2, 0.25) is 0 Å². The van der Waals surface area contributed by atoms with Gasteiger partial charge in [0.05, 0.1) is 6.10 Å². The summed E-state index contributed by atoms with van der Waals surface area (Å²) in [6.07, 6.45) is -0.831. The minimum Gasteiger partial charge on any atom is -0.480 e. The van der Waals surface area contributed by atoms with E-state index >= 15 is 0 Å². The fourth-order valence-electron chi connectivity index (χ4n) is 3.89. The fourth-order valence-corrected chi connectivity index (χ4v) is 3.89. The van der Waals surface area contributed by atoms with Crippen LogP contribution in [0, 0.1) is 5.41 Å². The molecule has 3 atom stereocenters. The van der Waals surface area contributed by atoms with Gasteiger partial charge in [-0.25, -0.2) is 4.79 Å². The van der Waals surface area contributed by atoms with Crippen LogP contribution in [0.4, 0.5) is 0 Å². The van der Waals surface area contributed by atoms with E-state index in [9.17, 15) is 14.7 Å². The van der Waals surface area contributed by atoms with Gasteiger partial charge in [0.25, 0.3) is 5.91 Å². The number of nitrogens with one attached hydrogen (secondary N) is 1. The van der Waals surface area contributed by atoms with Crippen LogP contribution >= 0.6 is 0 Å². The molecular formula is C22H27NO5. The second kappa shape index (κ2) is 7.43. The molecule has 3 unspecified atom stereocenters.